The standard InChI is InChI=1S/C8H16F2N2/c1-8(2,3)12-4-5(11)6(9)7(12)10/h5-7H,4,11H2,1-3H3/t5-,6?,7?/m0/s1. The van der Waals surface area contributed by atoms with E-state index < -0.39 is 18.5 Å². The van der Waals surface area contributed by atoms with Crippen LogP contribution in [0.1, 0.15) is 20.8 Å². The Hall–Kier alpha value is -0.220. The lowest BCUT2D eigenvalue weighted by molar-refractivity contribution is 0.0128. The summed E-state index contributed by atoms with van der Waals surface area (Å²) in [6.07, 6.45) is -3.08. The van der Waals surface area contributed by atoms with E-state index in [1.165, 1.54) is 4.90 Å². The highest BCUT2D eigenvalue weighted by Crippen LogP contribution is 2.28. The van der Waals surface area contributed by atoms with Gasteiger partial charge in [-0.15, -0.1) is 0 Å². The number of nitrogens with zero attached hydrogens (tertiary/aromatic N) is 1. The molecule has 0 aromatic rings. The Morgan fingerprint density at radius 1 is 1.33 bits per heavy atom. The summed E-state index contributed by atoms with van der Waals surface area (Å²) in [5, 5.41) is 0. The van der Waals surface area contributed by atoms with Gasteiger partial charge in [-0.3, -0.25) is 4.90 Å². The van der Waals surface area contributed by atoms with Crippen molar-refractivity contribution in [2.75, 3.05) is 6.54 Å². The number of nitrogens with two attached hydrogens (primary N) is 1. The Labute approximate surface area is 71.7 Å². The second-order valence-corrected chi connectivity index (χ2v) is 4.30. The van der Waals surface area contributed by atoms with E-state index in [4.69, 9.17) is 5.73 Å². The first kappa shape index (κ1) is 9.86. The molecule has 0 bridgehead atoms. The lowest BCUT2D eigenvalue weighted by atomic mass is 10.1. The third-order valence-electron chi connectivity index (χ3n) is 2.24. The highest BCUT2D eigenvalue weighted by atomic mass is 19.2. The summed E-state index contributed by atoms with van der Waals surface area (Å²) in [4.78, 5) is 1.46. The number of hydrogen-bond acceptors (Lipinski definition) is 2. The molecule has 1 saturated heterocycles. The van der Waals surface area contributed by atoms with Gasteiger partial charge < -0.3 is 5.73 Å². The predicted molar refractivity (Wildman–Crippen MR) is 44.2 cm³/mol. The van der Waals surface area contributed by atoms with Crippen LogP contribution in [0.4, 0.5) is 8.78 Å². The van der Waals surface area contributed by atoms with Crippen LogP contribution in [0.25, 0.3) is 0 Å². The van der Waals surface area contributed by atoms with Crippen LogP contribution in [0, 0.1) is 0 Å². The first-order valence-corrected chi connectivity index (χ1v) is 4.14. The number of alkyl halides is 2. The van der Waals surface area contributed by atoms with Crippen LogP contribution in [-0.2, 0) is 0 Å². The topological polar surface area (TPSA) is 29.3 Å². The van der Waals surface area contributed by atoms with Gasteiger partial charge in [-0.2, -0.15) is 0 Å². The van der Waals surface area contributed by atoms with Crippen molar-refractivity contribution in [2.24, 2.45) is 5.73 Å². The van der Waals surface area contributed by atoms with E-state index in [0.717, 1.165) is 0 Å². The Morgan fingerprint density at radius 2 is 1.83 bits per heavy atom. The van der Waals surface area contributed by atoms with Crippen molar-refractivity contribution in [1.29, 1.82) is 0 Å². The summed E-state index contributed by atoms with van der Waals surface area (Å²) < 4.78 is 26.1. The molecule has 0 aromatic carbocycles. The average molecular weight is 178 g/mol. The molecule has 0 amide bonds. The average Bonchev–Trinajstić information content (AvgIpc) is 2.15. The van der Waals surface area contributed by atoms with E-state index in [-0.39, 0.29) is 5.54 Å². The Morgan fingerprint density at radius 3 is 2.00 bits per heavy atom. The summed E-state index contributed by atoms with van der Waals surface area (Å²) in [6.45, 7) is 5.85. The third kappa shape index (κ3) is 1.59. The van der Waals surface area contributed by atoms with Gasteiger partial charge >= 0.3 is 0 Å². The first-order chi connectivity index (χ1) is 5.34. The van der Waals surface area contributed by atoms with E-state index in [0.29, 0.717) is 6.54 Å². The van der Waals surface area contributed by atoms with Crippen LogP contribution in [-0.4, -0.2) is 35.5 Å². The molecule has 3 atom stereocenters. The summed E-state index contributed by atoms with van der Waals surface area (Å²) in [5.74, 6) is 0. The van der Waals surface area contributed by atoms with E-state index in [9.17, 15) is 8.78 Å². The highest BCUT2D eigenvalue weighted by Gasteiger charge is 2.45. The fourth-order valence-electron chi connectivity index (χ4n) is 1.45. The molecule has 0 spiro atoms. The lowest BCUT2D eigenvalue weighted by Gasteiger charge is -2.33. The zero-order chi connectivity index (χ0) is 9.52. The maximum Gasteiger partial charge on any atom is 0.187 e. The molecular formula is C8H16F2N2. The molecule has 0 aliphatic carbocycles. The maximum atomic E-state index is 13.2. The normalized spacial score (nSPS) is 39.0. The highest BCUT2D eigenvalue weighted by molar-refractivity contribution is 4.95. The van der Waals surface area contributed by atoms with Crippen LogP contribution in [0.3, 0.4) is 0 Å². The summed E-state index contributed by atoms with van der Waals surface area (Å²) in [7, 11) is 0. The molecule has 1 rings (SSSR count). The minimum atomic E-state index is -1.54. The Balaban J connectivity index is 2.71. The van der Waals surface area contributed by atoms with Crippen LogP contribution < -0.4 is 5.73 Å². The molecule has 1 heterocycles. The second-order valence-electron chi connectivity index (χ2n) is 4.30. The Bertz CT molecular complexity index is 167. The molecule has 2 N–H and O–H groups in total. The van der Waals surface area contributed by atoms with Gasteiger partial charge in [-0.1, -0.05) is 0 Å². The molecule has 0 radical (unpaired) electrons. The second kappa shape index (κ2) is 2.92. The molecule has 72 valence electrons. The fraction of sp³-hybridized carbons (Fsp3) is 1.00. The van der Waals surface area contributed by atoms with Gasteiger partial charge in [-0.05, 0) is 20.8 Å². The van der Waals surface area contributed by atoms with Crippen molar-refractivity contribution in [2.45, 2.75) is 44.8 Å². The van der Waals surface area contributed by atoms with Gasteiger partial charge in [0.1, 0.15) is 0 Å². The first-order valence-electron chi connectivity index (χ1n) is 4.14. The SMILES string of the molecule is CC(C)(C)N1C[C@H](N)C(F)C1F. The number of likely N-dealkylation sites (tertiary alicyclic amines) is 1. The zero-order valence-corrected chi connectivity index (χ0v) is 7.72. The van der Waals surface area contributed by atoms with E-state index in [2.05, 4.69) is 0 Å². The zero-order valence-electron chi connectivity index (χ0n) is 7.72. The monoisotopic (exact) mass is 178 g/mol. The third-order valence-corrected chi connectivity index (χ3v) is 2.24. The minimum Gasteiger partial charge on any atom is -0.324 e. The molecule has 2 nitrogen and oxygen atoms in total. The van der Waals surface area contributed by atoms with Crippen molar-refractivity contribution in [3.8, 4) is 0 Å². The molecule has 4 heteroatoms. The van der Waals surface area contributed by atoms with E-state index in [1.807, 2.05) is 20.8 Å². The predicted octanol–water partition coefficient (Wildman–Crippen LogP) is 1.06. The van der Waals surface area contributed by atoms with Crippen LogP contribution in [0.15, 0.2) is 0 Å². The van der Waals surface area contributed by atoms with E-state index in [1.54, 1.807) is 0 Å². The molecule has 0 saturated carbocycles. The maximum absolute atomic E-state index is 13.2. The van der Waals surface area contributed by atoms with Gasteiger partial charge in [0, 0.05) is 12.1 Å². The summed E-state index contributed by atoms with van der Waals surface area (Å²) >= 11 is 0. The number of halogens is 2. The largest absolute Gasteiger partial charge is 0.324 e. The molecule has 1 fully saturated rings. The van der Waals surface area contributed by atoms with Crippen molar-refractivity contribution in [3.05, 3.63) is 0 Å². The summed E-state index contributed by atoms with van der Waals surface area (Å²) in [6, 6.07) is -0.681. The molecule has 1 aliphatic rings. The minimum absolute atomic E-state index is 0.297. The lowest BCUT2D eigenvalue weighted by Crippen LogP contribution is -2.44. The van der Waals surface area contributed by atoms with Gasteiger partial charge in [-0.25, -0.2) is 8.78 Å². The quantitative estimate of drug-likeness (QED) is 0.562. The Kier molecular flexibility index (Phi) is 2.40. The summed E-state index contributed by atoms with van der Waals surface area (Å²) in [5.41, 5.74) is 5.05. The van der Waals surface area contributed by atoms with Gasteiger partial charge in [0.05, 0.1) is 6.04 Å². The van der Waals surface area contributed by atoms with E-state index >= 15 is 0 Å². The van der Waals surface area contributed by atoms with Crippen molar-refractivity contribution in [3.63, 3.8) is 0 Å². The number of hydrogen-bond donors (Lipinski definition) is 1. The van der Waals surface area contributed by atoms with Crippen molar-refractivity contribution >= 4 is 0 Å². The van der Waals surface area contributed by atoms with Crippen LogP contribution >= 0.6 is 0 Å². The van der Waals surface area contributed by atoms with Crippen LogP contribution in [0.2, 0.25) is 0 Å². The molecule has 1 aliphatic heterocycles. The van der Waals surface area contributed by atoms with Crippen molar-refractivity contribution in [1.82, 2.24) is 4.90 Å². The van der Waals surface area contributed by atoms with Crippen LogP contribution in [0.5, 0.6) is 0 Å². The fourth-order valence-corrected chi connectivity index (χ4v) is 1.45. The molecular weight excluding hydrogens is 162 g/mol. The molecule has 2 unspecified atom stereocenters. The molecule has 0 aromatic heterocycles. The molecule has 12 heavy (non-hydrogen) atoms. The van der Waals surface area contributed by atoms with Gasteiger partial charge in [0.15, 0.2) is 12.5 Å². The van der Waals surface area contributed by atoms with Gasteiger partial charge in [0.2, 0.25) is 0 Å². The number of rotatable bonds is 0. The van der Waals surface area contributed by atoms with Crippen molar-refractivity contribution < 1.29 is 8.78 Å². The van der Waals surface area contributed by atoms with Gasteiger partial charge in [0.25, 0.3) is 0 Å². The smallest absolute Gasteiger partial charge is 0.187 e.